The van der Waals surface area contributed by atoms with Crippen molar-refractivity contribution < 1.29 is 30.1 Å². The molecule has 0 bridgehead atoms. The van der Waals surface area contributed by atoms with Crippen LogP contribution < -0.4 is 0 Å². The maximum Gasteiger partial charge on any atom is 0.311 e. The Bertz CT molecular complexity index is 473. The first-order valence-electron chi connectivity index (χ1n) is 4.88. The van der Waals surface area contributed by atoms with Gasteiger partial charge in [0.1, 0.15) is 6.10 Å². The Morgan fingerprint density at radius 2 is 2.00 bits per heavy atom. The Kier molecular flexibility index (Phi) is 4.18. The van der Waals surface area contributed by atoms with E-state index in [9.17, 15) is 30.2 Å². The van der Waals surface area contributed by atoms with Crippen molar-refractivity contribution in [3.05, 3.63) is 33.9 Å². The molecule has 0 amide bonds. The third-order valence-corrected chi connectivity index (χ3v) is 2.31. The topological polar surface area (TPSA) is 141 Å². The highest BCUT2D eigenvalue weighted by molar-refractivity contribution is 5.67. The summed E-state index contributed by atoms with van der Waals surface area (Å²) in [5.41, 5.74) is -0.924. The fourth-order valence-electron chi connectivity index (χ4n) is 1.43. The van der Waals surface area contributed by atoms with Gasteiger partial charge in [0.05, 0.1) is 17.4 Å². The molecule has 0 aliphatic carbocycles. The zero-order valence-electron chi connectivity index (χ0n) is 9.05. The SMILES string of the molecule is O=C(O)CC(O)C(O)c1cccc([N+](=O)[O-])c1O. The van der Waals surface area contributed by atoms with E-state index in [1.54, 1.807) is 0 Å². The largest absolute Gasteiger partial charge is 0.502 e. The number of carboxylic acid groups (broad SMARTS) is 1. The zero-order valence-corrected chi connectivity index (χ0v) is 9.05. The number of para-hydroxylation sites is 1. The van der Waals surface area contributed by atoms with Gasteiger partial charge in [0, 0.05) is 11.6 Å². The van der Waals surface area contributed by atoms with Gasteiger partial charge < -0.3 is 20.4 Å². The molecule has 4 N–H and O–H groups in total. The summed E-state index contributed by atoms with van der Waals surface area (Å²) in [5, 5.41) is 47.6. The summed E-state index contributed by atoms with van der Waals surface area (Å²) in [5.74, 6) is -2.13. The molecule has 2 unspecified atom stereocenters. The molecule has 8 nitrogen and oxygen atoms in total. The average molecular weight is 257 g/mol. The first-order chi connectivity index (χ1) is 8.34. The lowest BCUT2D eigenvalue weighted by Crippen LogP contribution is -2.21. The lowest BCUT2D eigenvalue weighted by Gasteiger charge is -2.17. The molecule has 0 aromatic heterocycles. The van der Waals surface area contributed by atoms with Crippen molar-refractivity contribution in [1.29, 1.82) is 0 Å². The van der Waals surface area contributed by atoms with Gasteiger partial charge in [-0.15, -0.1) is 0 Å². The molecule has 0 fully saturated rings. The molecule has 0 heterocycles. The van der Waals surface area contributed by atoms with Crippen LogP contribution in [0.5, 0.6) is 5.75 Å². The molecule has 0 saturated carbocycles. The minimum Gasteiger partial charge on any atom is -0.502 e. The zero-order chi connectivity index (χ0) is 13.9. The number of rotatable bonds is 5. The predicted molar refractivity (Wildman–Crippen MR) is 58.0 cm³/mol. The third kappa shape index (κ3) is 2.93. The first-order valence-corrected chi connectivity index (χ1v) is 4.88. The summed E-state index contributed by atoms with van der Waals surface area (Å²) in [6, 6.07) is 3.40. The Balaban J connectivity index is 3.06. The normalized spacial score (nSPS) is 13.9. The number of aliphatic hydroxyl groups excluding tert-OH is 2. The molecule has 2 atom stereocenters. The van der Waals surface area contributed by atoms with E-state index >= 15 is 0 Å². The summed E-state index contributed by atoms with van der Waals surface area (Å²) in [4.78, 5) is 20.1. The van der Waals surface area contributed by atoms with Gasteiger partial charge in [0.25, 0.3) is 0 Å². The lowest BCUT2D eigenvalue weighted by atomic mass is 10.0. The van der Waals surface area contributed by atoms with E-state index in [0.717, 1.165) is 12.1 Å². The fourth-order valence-corrected chi connectivity index (χ4v) is 1.43. The number of aliphatic carboxylic acids is 1. The maximum atomic E-state index is 10.6. The van der Waals surface area contributed by atoms with Crippen molar-refractivity contribution in [2.24, 2.45) is 0 Å². The number of hydrogen-bond acceptors (Lipinski definition) is 6. The Labute approximate surface area is 101 Å². The Morgan fingerprint density at radius 3 is 2.50 bits per heavy atom. The van der Waals surface area contributed by atoms with Crippen molar-refractivity contribution in [2.75, 3.05) is 0 Å². The molecule has 18 heavy (non-hydrogen) atoms. The van der Waals surface area contributed by atoms with Crippen molar-refractivity contribution >= 4 is 11.7 Å². The Hall–Kier alpha value is -2.19. The minimum atomic E-state index is -1.72. The maximum absolute atomic E-state index is 10.6. The van der Waals surface area contributed by atoms with Crippen molar-refractivity contribution in [1.82, 2.24) is 0 Å². The number of benzene rings is 1. The highest BCUT2D eigenvalue weighted by Gasteiger charge is 2.27. The van der Waals surface area contributed by atoms with E-state index in [2.05, 4.69) is 0 Å². The molecule has 0 spiro atoms. The van der Waals surface area contributed by atoms with Crippen molar-refractivity contribution in [3.63, 3.8) is 0 Å². The quantitative estimate of drug-likeness (QED) is 0.435. The summed E-state index contributed by atoms with van der Waals surface area (Å²) in [6.07, 6.45) is -4.14. The van der Waals surface area contributed by atoms with Crippen molar-refractivity contribution in [2.45, 2.75) is 18.6 Å². The second-order valence-electron chi connectivity index (χ2n) is 3.58. The second kappa shape index (κ2) is 5.43. The number of carboxylic acids is 1. The molecule has 98 valence electrons. The van der Waals surface area contributed by atoms with Gasteiger partial charge in [-0.1, -0.05) is 12.1 Å². The van der Waals surface area contributed by atoms with Gasteiger partial charge in [0.15, 0.2) is 5.75 Å². The smallest absolute Gasteiger partial charge is 0.311 e. The standard InChI is InChI=1S/C10H11NO7/c12-7(4-8(13)14)10(16)5-2-1-3-6(9(5)15)11(17)18/h1-3,7,10,12,15-16H,4H2,(H,13,14). The molecule has 8 heteroatoms. The summed E-state index contributed by atoms with van der Waals surface area (Å²) < 4.78 is 0. The average Bonchev–Trinajstić information content (AvgIpc) is 2.27. The lowest BCUT2D eigenvalue weighted by molar-refractivity contribution is -0.386. The van der Waals surface area contributed by atoms with Crippen LogP contribution in [0.2, 0.25) is 0 Å². The van der Waals surface area contributed by atoms with E-state index in [4.69, 9.17) is 5.11 Å². The highest BCUT2D eigenvalue weighted by Crippen LogP contribution is 2.34. The second-order valence-corrected chi connectivity index (χ2v) is 3.58. The molecular formula is C10H11NO7. The van der Waals surface area contributed by atoms with Gasteiger partial charge in [-0.3, -0.25) is 14.9 Å². The fraction of sp³-hybridized carbons (Fsp3) is 0.300. The molecule has 1 aromatic rings. The summed E-state index contributed by atoms with van der Waals surface area (Å²) in [6.45, 7) is 0. The number of nitrogens with zero attached hydrogens (tertiary/aromatic N) is 1. The van der Waals surface area contributed by atoms with Crippen LogP contribution >= 0.6 is 0 Å². The van der Waals surface area contributed by atoms with E-state index in [1.807, 2.05) is 0 Å². The Morgan fingerprint density at radius 1 is 1.39 bits per heavy atom. The van der Waals surface area contributed by atoms with Crippen LogP contribution in [-0.2, 0) is 4.79 Å². The van der Waals surface area contributed by atoms with Crippen LogP contribution in [0.15, 0.2) is 18.2 Å². The number of phenols is 1. The van der Waals surface area contributed by atoms with E-state index in [-0.39, 0.29) is 5.56 Å². The van der Waals surface area contributed by atoms with Gasteiger partial charge in [-0.05, 0) is 0 Å². The van der Waals surface area contributed by atoms with Gasteiger partial charge in [-0.2, -0.15) is 0 Å². The molecule has 0 aliphatic heterocycles. The van der Waals surface area contributed by atoms with Gasteiger partial charge in [0.2, 0.25) is 0 Å². The number of hydrogen-bond donors (Lipinski definition) is 4. The first kappa shape index (κ1) is 13.9. The van der Waals surface area contributed by atoms with Crippen LogP contribution in [0.3, 0.4) is 0 Å². The van der Waals surface area contributed by atoms with Gasteiger partial charge >= 0.3 is 11.7 Å². The van der Waals surface area contributed by atoms with Crippen LogP contribution in [0.1, 0.15) is 18.1 Å². The monoisotopic (exact) mass is 257 g/mol. The molecule has 0 aliphatic rings. The van der Waals surface area contributed by atoms with E-state index < -0.39 is 41.0 Å². The number of phenolic OH excluding ortho intramolecular Hbond substituents is 1. The van der Waals surface area contributed by atoms with Gasteiger partial charge in [-0.25, -0.2) is 0 Å². The highest BCUT2D eigenvalue weighted by atomic mass is 16.6. The minimum absolute atomic E-state index is 0.294. The molecular weight excluding hydrogens is 246 g/mol. The molecule has 0 saturated heterocycles. The summed E-state index contributed by atoms with van der Waals surface area (Å²) in [7, 11) is 0. The van der Waals surface area contributed by atoms with Crippen molar-refractivity contribution in [3.8, 4) is 5.75 Å². The van der Waals surface area contributed by atoms with Crippen LogP contribution in [0.4, 0.5) is 5.69 Å². The van der Waals surface area contributed by atoms with E-state index in [1.165, 1.54) is 6.07 Å². The number of nitro groups is 1. The van der Waals surface area contributed by atoms with Crippen LogP contribution in [-0.4, -0.2) is 37.4 Å². The predicted octanol–water partition coefficient (Wildman–Crippen LogP) is 0.169. The number of aliphatic hydroxyl groups is 2. The van der Waals surface area contributed by atoms with Crippen LogP contribution in [0, 0.1) is 10.1 Å². The summed E-state index contributed by atoms with van der Waals surface area (Å²) >= 11 is 0. The molecule has 1 aromatic carbocycles. The molecule has 0 radical (unpaired) electrons. The van der Waals surface area contributed by atoms with E-state index in [0.29, 0.717) is 0 Å². The number of carbonyl (C=O) groups is 1. The number of aromatic hydroxyl groups is 1. The van der Waals surface area contributed by atoms with Crippen LogP contribution in [0.25, 0.3) is 0 Å². The third-order valence-electron chi connectivity index (χ3n) is 2.31. The number of nitro benzene ring substituents is 1. The molecule has 1 rings (SSSR count).